The average molecular weight is 296 g/mol. The van der Waals surface area contributed by atoms with E-state index in [1.807, 2.05) is 6.92 Å². The Morgan fingerprint density at radius 1 is 1.38 bits per heavy atom. The molecule has 0 radical (unpaired) electrons. The van der Waals surface area contributed by atoms with Gasteiger partial charge in [0, 0.05) is 26.7 Å². The van der Waals surface area contributed by atoms with Crippen molar-refractivity contribution in [2.24, 2.45) is 7.05 Å². The van der Waals surface area contributed by atoms with Gasteiger partial charge in [0.05, 0.1) is 6.10 Å². The zero-order chi connectivity index (χ0) is 15.6. The summed E-state index contributed by atoms with van der Waals surface area (Å²) < 4.78 is 2.56. The second-order valence-corrected chi connectivity index (χ2v) is 5.63. The molecule has 1 aromatic heterocycles. The normalized spacial score (nSPS) is 19.0. The van der Waals surface area contributed by atoms with Crippen molar-refractivity contribution >= 4 is 11.5 Å². The topological polar surface area (TPSA) is 93.5 Å². The Morgan fingerprint density at radius 2 is 2.10 bits per heavy atom. The number of piperidine rings is 1. The zero-order valence-electron chi connectivity index (χ0n) is 12.7. The summed E-state index contributed by atoms with van der Waals surface area (Å²) >= 11 is 0. The molecule has 1 aliphatic rings. The number of hydrogen-bond acceptors (Lipinski definition) is 5. The van der Waals surface area contributed by atoms with Crippen LogP contribution < -0.4 is 21.9 Å². The summed E-state index contributed by atoms with van der Waals surface area (Å²) in [7, 11) is 1.47. The van der Waals surface area contributed by atoms with Crippen LogP contribution in [0.15, 0.2) is 9.59 Å². The van der Waals surface area contributed by atoms with Crippen LogP contribution in [0.2, 0.25) is 0 Å². The zero-order valence-corrected chi connectivity index (χ0v) is 12.7. The molecular formula is C14H24N4O3. The average Bonchev–Trinajstić information content (AvgIpc) is 2.45. The lowest BCUT2D eigenvalue weighted by Gasteiger charge is -2.32. The predicted molar refractivity (Wildman–Crippen MR) is 82.7 cm³/mol. The minimum atomic E-state index is -0.459. The maximum Gasteiger partial charge on any atom is 0.332 e. The SMILES string of the molecule is CCCCn1c(N)c(N2CCC[C@H](O)C2)c(=O)n(C)c1=O. The Balaban J connectivity index is 2.52. The number of nitrogens with zero attached hydrogens (tertiary/aromatic N) is 3. The summed E-state index contributed by atoms with van der Waals surface area (Å²) in [6.07, 6.45) is 2.83. The molecule has 1 fully saturated rings. The van der Waals surface area contributed by atoms with Gasteiger partial charge in [0.2, 0.25) is 0 Å². The third-order valence-electron chi connectivity index (χ3n) is 4.01. The highest BCUT2D eigenvalue weighted by Gasteiger charge is 2.25. The van der Waals surface area contributed by atoms with Gasteiger partial charge in [-0.3, -0.25) is 13.9 Å². The van der Waals surface area contributed by atoms with Gasteiger partial charge in [0.15, 0.2) is 0 Å². The molecule has 1 aliphatic heterocycles. The van der Waals surface area contributed by atoms with E-state index in [0.29, 0.717) is 25.3 Å². The molecular weight excluding hydrogens is 272 g/mol. The highest BCUT2D eigenvalue weighted by atomic mass is 16.3. The van der Waals surface area contributed by atoms with Gasteiger partial charge in [-0.2, -0.15) is 0 Å². The van der Waals surface area contributed by atoms with E-state index in [-0.39, 0.29) is 17.1 Å². The highest BCUT2D eigenvalue weighted by Crippen LogP contribution is 2.21. The molecule has 3 N–H and O–H groups in total. The van der Waals surface area contributed by atoms with E-state index in [1.54, 1.807) is 4.90 Å². The fourth-order valence-corrected chi connectivity index (χ4v) is 2.75. The Hall–Kier alpha value is -1.76. The lowest BCUT2D eigenvalue weighted by atomic mass is 10.1. The van der Waals surface area contributed by atoms with Gasteiger partial charge in [-0.1, -0.05) is 13.3 Å². The number of aliphatic hydroxyl groups excluding tert-OH is 1. The summed E-state index contributed by atoms with van der Waals surface area (Å²) in [6, 6.07) is 0. The van der Waals surface area contributed by atoms with Gasteiger partial charge in [-0.05, 0) is 19.3 Å². The Kier molecular flexibility index (Phi) is 4.72. The van der Waals surface area contributed by atoms with Crippen molar-refractivity contribution in [3.05, 3.63) is 20.8 Å². The summed E-state index contributed by atoms with van der Waals surface area (Å²) in [5.41, 5.74) is 5.67. The number of nitrogens with two attached hydrogens (primary N) is 1. The first-order chi connectivity index (χ1) is 9.97. The molecule has 0 bridgehead atoms. The van der Waals surface area contributed by atoms with Crippen LogP contribution in [0.25, 0.3) is 0 Å². The molecule has 7 nitrogen and oxygen atoms in total. The van der Waals surface area contributed by atoms with Crippen molar-refractivity contribution in [3.8, 4) is 0 Å². The van der Waals surface area contributed by atoms with Crippen molar-refractivity contribution < 1.29 is 5.11 Å². The standard InChI is InChI=1S/C14H24N4O3/c1-3-4-8-18-12(15)11(13(20)16(2)14(18)21)17-7-5-6-10(19)9-17/h10,19H,3-9,15H2,1-2H3/t10-/m0/s1. The van der Waals surface area contributed by atoms with E-state index in [9.17, 15) is 14.7 Å². The number of hydrogen-bond donors (Lipinski definition) is 2. The molecule has 1 saturated heterocycles. The lowest BCUT2D eigenvalue weighted by Crippen LogP contribution is -2.47. The number of aliphatic hydroxyl groups is 1. The fourth-order valence-electron chi connectivity index (χ4n) is 2.75. The monoisotopic (exact) mass is 296 g/mol. The second kappa shape index (κ2) is 6.34. The van der Waals surface area contributed by atoms with Crippen LogP contribution in [-0.2, 0) is 13.6 Å². The van der Waals surface area contributed by atoms with Crippen molar-refractivity contribution in [2.45, 2.75) is 45.3 Å². The van der Waals surface area contributed by atoms with Crippen molar-refractivity contribution in [3.63, 3.8) is 0 Å². The van der Waals surface area contributed by atoms with Crippen LogP contribution >= 0.6 is 0 Å². The summed E-state index contributed by atoms with van der Waals surface area (Å²) in [6.45, 7) is 3.58. The molecule has 1 aromatic rings. The van der Waals surface area contributed by atoms with Gasteiger partial charge in [0.25, 0.3) is 5.56 Å². The first-order valence-electron chi connectivity index (χ1n) is 7.49. The first kappa shape index (κ1) is 15.6. The quantitative estimate of drug-likeness (QED) is 0.808. The third-order valence-corrected chi connectivity index (χ3v) is 4.01. The molecule has 0 unspecified atom stereocenters. The van der Waals surface area contributed by atoms with Gasteiger partial charge in [-0.15, -0.1) is 0 Å². The molecule has 1 atom stereocenters. The van der Waals surface area contributed by atoms with E-state index < -0.39 is 6.10 Å². The first-order valence-corrected chi connectivity index (χ1v) is 7.49. The van der Waals surface area contributed by atoms with Crippen molar-refractivity contribution in [1.82, 2.24) is 9.13 Å². The maximum atomic E-state index is 12.4. The Labute approximate surface area is 123 Å². The third kappa shape index (κ3) is 2.97. The van der Waals surface area contributed by atoms with Crippen LogP contribution in [0.5, 0.6) is 0 Å². The minimum Gasteiger partial charge on any atom is -0.391 e. The van der Waals surface area contributed by atoms with Gasteiger partial charge in [0.1, 0.15) is 11.5 Å². The number of aromatic nitrogens is 2. The highest BCUT2D eigenvalue weighted by molar-refractivity contribution is 5.62. The molecule has 0 amide bonds. The molecule has 2 heterocycles. The fraction of sp³-hybridized carbons (Fsp3) is 0.714. The number of unbranched alkanes of at least 4 members (excludes halogenated alkanes) is 1. The molecule has 7 heteroatoms. The van der Waals surface area contributed by atoms with Crippen molar-refractivity contribution in [1.29, 1.82) is 0 Å². The number of β-amino-alcohol motifs (C(OH)–C–C–N with tert-alkyl or cyclic N) is 1. The van der Waals surface area contributed by atoms with Crippen LogP contribution in [0.1, 0.15) is 32.6 Å². The van der Waals surface area contributed by atoms with E-state index >= 15 is 0 Å². The molecule has 0 aromatic carbocycles. The molecule has 118 valence electrons. The Bertz CT molecular complexity index is 620. The van der Waals surface area contributed by atoms with E-state index in [0.717, 1.165) is 30.3 Å². The van der Waals surface area contributed by atoms with Crippen molar-refractivity contribution in [2.75, 3.05) is 23.7 Å². The van der Waals surface area contributed by atoms with Crippen LogP contribution in [0, 0.1) is 0 Å². The molecule has 0 spiro atoms. The van der Waals surface area contributed by atoms with E-state index in [2.05, 4.69) is 0 Å². The number of rotatable bonds is 4. The van der Waals surface area contributed by atoms with E-state index in [1.165, 1.54) is 11.6 Å². The molecule has 2 rings (SSSR count). The van der Waals surface area contributed by atoms with Gasteiger partial charge >= 0.3 is 5.69 Å². The second-order valence-electron chi connectivity index (χ2n) is 5.63. The Morgan fingerprint density at radius 3 is 2.71 bits per heavy atom. The molecule has 21 heavy (non-hydrogen) atoms. The van der Waals surface area contributed by atoms with Crippen LogP contribution in [0.3, 0.4) is 0 Å². The van der Waals surface area contributed by atoms with Crippen LogP contribution in [0.4, 0.5) is 11.5 Å². The molecule has 0 saturated carbocycles. The number of anilines is 2. The summed E-state index contributed by atoms with van der Waals surface area (Å²) in [5, 5.41) is 9.80. The predicted octanol–water partition coefficient (Wildman–Crippen LogP) is -0.110. The minimum absolute atomic E-state index is 0.214. The van der Waals surface area contributed by atoms with E-state index in [4.69, 9.17) is 5.73 Å². The lowest BCUT2D eigenvalue weighted by molar-refractivity contribution is 0.154. The maximum absolute atomic E-state index is 12.4. The van der Waals surface area contributed by atoms with Gasteiger partial charge < -0.3 is 15.7 Å². The number of nitrogen functional groups attached to an aromatic ring is 1. The molecule has 0 aliphatic carbocycles. The summed E-state index contributed by atoms with van der Waals surface area (Å²) in [5.74, 6) is 0.214. The summed E-state index contributed by atoms with van der Waals surface area (Å²) in [4.78, 5) is 26.4. The van der Waals surface area contributed by atoms with Gasteiger partial charge in [-0.25, -0.2) is 4.79 Å². The smallest absolute Gasteiger partial charge is 0.332 e. The largest absolute Gasteiger partial charge is 0.391 e. The van der Waals surface area contributed by atoms with Crippen LogP contribution in [-0.4, -0.2) is 33.4 Å².